The first-order valence-electron chi connectivity index (χ1n) is 6.79. The second-order valence-corrected chi connectivity index (χ2v) is 5.69. The third-order valence-electron chi connectivity index (χ3n) is 2.84. The van der Waals surface area contributed by atoms with Gasteiger partial charge in [0.05, 0.1) is 19.6 Å². The second kappa shape index (κ2) is 8.23. The van der Waals surface area contributed by atoms with Crippen LogP contribution in [-0.2, 0) is 10.5 Å². The summed E-state index contributed by atoms with van der Waals surface area (Å²) >= 11 is 1.53. The van der Waals surface area contributed by atoms with E-state index in [1.165, 1.54) is 24.9 Å². The van der Waals surface area contributed by atoms with Crippen LogP contribution in [0.25, 0.3) is 0 Å². The van der Waals surface area contributed by atoms with Crippen LogP contribution in [0.1, 0.15) is 22.5 Å². The number of nitrogens with one attached hydrogen (secondary N) is 1. The molecule has 1 heterocycles. The van der Waals surface area contributed by atoms with Crippen molar-refractivity contribution in [3.63, 3.8) is 0 Å². The highest BCUT2D eigenvalue weighted by molar-refractivity contribution is 7.98. The quantitative estimate of drug-likeness (QED) is 0.714. The lowest BCUT2D eigenvalue weighted by Crippen LogP contribution is -2.11. The summed E-state index contributed by atoms with van der Waals surface area (Å²) in [6.07, 6.45) is 0.133. The Bertz CT molecular complexity index is 686. The molecule has 0 atom stereocenters. The number of ether oxygens (including phenoxy) is 1. The van der Waals surface area contributed by atoms with Crippen molar-refractivity contribution >= 4 is 29.3 Å². The van der Waals surface area contributed by atoms with Gasteiger partial charge in [0.25, 0.3) is 11.8 Å². The number of rotatable bonds is 8. The number of nitrogens with zero attached hydrogens (tertiary/aromatic N) is 1. The molecule has 8 heteroatoms. The summed E-state index contributed by atoms with van der Waals surface area (Å²) in [4.78, 5) is 22.5. The van der Waals surface area contributed by atoms with E-state index in [0.717, 1.165) is 5.56 Å². The first kappa shape index (κ1) is 16.9. The van der Waals surface area contributed by atoms with E-state index in [1.807, 2.05) is 18.2 Å². The maximum Gasteiger partial charge on any atom is 0.304 e. The molecular weight excluding hydrogens is 320 g/mol. The second-order valence-electron chi connectivity index (χ2n) is 4.58. The number of carbonyl (C=O) groups excluding carboxylic acids is 1. The number of benzene rings is 1. The zero-order valence-electron chi connectivity index (χ0n) is 12.4. The van der Waals surface area contributed by atoms with Gasteiger partial charge in [-0.2, -0.15) is 11.8 Å². The number of methoxy groups -OCH3 is 1. The standard InChI is InChI=1S/C15H16N2O5S/c1-21-13-8-12(22-17-13)15(20)16-11-4-2-3-10(7-11)9-23-6-5-14(18)19/h2-4,7-8H,5-6,9H2,1H3,(H,16,20)(H,18,19). The highest BCUT2D eigenvalue weighted by atomic mass is 32.2. The van der Waals surface area contributed by atoms with Crippen molar-refractivity contribution in [3.05, 3.63) is 41.7 Å². The van der Waals surface area contributed by atoms with Gasteiger partial charge in [0.2, 0.25) is 5.76 Å². The average molecular weight is 336 g/mol. The first-order chi connectivity index (χ1) is 11.1. The molecule has 0 radical (unpaired) electrons. The molecule has 2 rings (SSSR count). The summed E-state index contributed by atoms with van der Waals surface area (Å²) in [5.41, 5.74) is 1.62. The van der Waals surface area contributed by atoms with E-state index in [4.69, 9.17) is 14.4 Å². The Morgan fingerprint density at radius 3 is 2.91 bits per heavy atom. The molecule has 0 unspecified atom stereocenters. The highest BCUT2D eigenvalue weighted by Gasteiger charge is 2.13. The van der Waals surface area contributed by atoms with Crippen molar-refractivity contribution in [2.45, 2.75) is 12.2 Å². The van der Waals surface area contributed by atoms with Gasteiger partial charge in [0.1, 0.15) is 0 Å². The topological polar surface area (TPSA) is 102 Å². The molecule has 23 heavy (non-hydrogen) atoms. The number of carbonyl (C=O) groups is 2. The van der Waals surface area contributed by atoms with Gasteiger partial charge in [0, 0.05) is 17.2 Å². The van der Waals surface area contributed by atoms with Gasteiger partial charge < -0.3 is 19.7 Å². The van der Waals surface area contributed by atoms with E-state index < -0.39 is 11.9 Å². The van der Waals surface area contributed by atoms with Gasteiger partial charge >= 0.3 is 5.97 Å². The molecule has 0 aliphatic rings. The van der Waals surface area contributed by atoms with Crippen LogP contribution in [0.2, 0.25) is 0 Å². The summed E-state index contributed by atoms with van der Waals surface area (Å²) in [5.74, 6) is 0.288. The predicted octanol–water partition coefficient (Wildman–Crippen LogP) is 2.64. The lowest BCUT2D eigenvalue weighted by molar-refractivity contribution is -0.136. The zero-order valence-corrected chi connectivity index (χ0v) is 13.3. The fourth-order valence-electron chi connectivity index (χ4n) is 1.74. The largest absolute Gasteiger partial charge is 0.481 e. The number of aromatic nitrogens is 1. The van der Waals surface area contributed by atoms with Crippen LogP contribution in [0.3, 0.4) is 0 Å². The number of hydrogen-bond acceptors (Lipinski definition) is 6. The van der Waals surface area contributed by atoms with Crippen molar-refractivity contribution in [3.8, 4) is 5.88 Å². The van der Waals surface area contributed by atoms with Gasteiger partial charge in [0.15, 0.2) is 0 Å². The van der Waals surface area contributed by atoms with Crippen LogP contribution in [0.15, 0.2) is 34.9 Å². The maximum absolute atomic E-state index is 12.0. The summed E-state index contributed by atoms with van der Waals surface area (Å²) in [6.45, 7) is 0. The molecule has 0 spiro atoms. The van der Waals surface area contributed by atoms with E-state index in [-0.39, 0.29) is 18.1 Å². The maximum atomic E-state index is 12.0. The molecule has 0 aliphatic heterocycles. The third-order valence-corrected chi connectivity index (χ3v) is 3.87. The van der Waals surface area contributed by atoms with E-state index in [2.05, 4.69) is 10.5 Å². The minimum Gasteiger partial charge on any atom is -0.481 e. The molecule has 0 bridgehead atoms. The van der Waals surface area contributed by atoms with Crippen LogP contribution >= 0.6 is 11.8 Å². The molecule has 7 nitrogen and oxygen atoms in total. The predicted molar refractivity (Wildman–Crippen MR) is 85.9 cm³/mol. The molecule has 2 N–H and O–H groups in total. The molecule has 0 saturated heterocycles. The number of thioether (sulfide) groups is 1. The van der Waals surface area contributed by atoms with E-state index in [9.17, 15) is 9.59 Å². The first-order valence-corrected chi connectivity index (χ1v) is 7.94. The van der Waals surface area contributed by atoms with Crippen molar-refractivity contribution in [2.75, 3.05) is 18.2 Å². The number of anilines is 1. The Labute approximate surface area is 137 Å². The molecule has 2 aromatic rings. The summed E-state index contributed by atoms with van der Waals surface area (Å²) < 4.78 is 9.73. The third kappa shape index (κ3) is 5.33. The minimum absolute atomic E-state index is 0.0584. The van der Waals surface area contributed by atoms with Crippen molar-refractivity contribution in [1.29, 1.82) is 0 Å². The average Bonchev–Trinajstić information content (AvgIpc) is 3.01. The Balaban J connectivity index is 1.91. The fourth-order valence-corrected chi connectivity index (χ4v) is 2.62. The molecule has 0 aliphatic carbocycles. The van der Waals surface area contributed by atoms with Crippen LogP contribution in [0, 0.1) is 0 Å². The van der Waals surface area contributed by atoms with Gasteiger partial charge in [-0.15, -0.1) is 0 Å². The van der Waals surface area contributed by atoms with E-state index in [0.29, 0.717) is 17.2 Å². The van der Waals surface area contributed by atoms with Gasteiger partial charge in [-0.1, -0.05) is 12.1 Å². The molecule has 0 fully saturated rings. The smallest absolute Gasteiger partial charge is 0.304 e. The van der Waals surface area contributed by atoms with Crippen LogP contribution in [-0.4, -0.2) is 35.0 Å². The molecule has 1 amide bonds. The monoisotopic (exact) mass is 336 g/mol. The summed E-state index contributed by atoms with van der Waals surface area (Å²) in [7, 11) is 1.44. The normalized spacial score (nSPS) is 10.3. The highest BCUT2D eigenvalue weighted by Crippen LogP contribution is 2.18. The Morgan fingerprint density at radius 1 is 1.39 bits per heavy atom. The van der Waals surface area contributed by atoms with Gasteiger partial charge in [-0.05, 0) is 22.9 Å². The Kier molecular flexibility index (Phi) is 6.04. The molecule has 1 aromatic heterocycles. The van der Waals surface area contributed by atoms with Crippen molar-refractivity contribution in [1.82, 2.24) is 5.16 Å². The van der Waals surface area contributed by atoms with Gasteiger partial charge in [-0.3, -0.25) is 9.59 Å². The molecule has 1 aromatic carbocycles. The van der Waals surface area contributed by atoms with Gasteiger partial charge in [-0.25, -0.2) is 0 Å². The Morgan fingerprint density at radius 2 is 2.22 bits per heavy atom. The number of carboxylic acids is 1. The number of hydrogen-bond donors (Lipinski definition) is 2. The molecular formula is C15H16N2O5S. The minimum atomic E-state index is -0.805. The molecule has 122 valence electrons. The SMILES string of the molecule is COc1cc(C(=O)Nc2cccc(CSCCC(=O)O)c2)on1. The van der Waals surface area contributed by atoms with Crippen LogP contribution in [0.5, 0.6) is 5.88 Å². The number of aliphatic carboxylic acids is 1. The fraction of sp³-hybridized carbons (Fsp3) is 0.267. The van der Waals surface area contributed by atoms with Crippen LogP contribution in [0.4, 0.5) is 5.69 Å². The summed E-state index contributed by atoms with van der Waals surface area (Å²) in [6, 6.07) is 8.74. The number of carboxylic acid groups (broad SMARTS) is 1. The van der Waals surface area contributed by atoms with Crippen LogP contribution < -0.4 is 10.1 Å². The van der Waals surface area contributed by atoms with Crippen molar-refractivity contribution < 1.29 is 24.0 Å². The zero-order chi connectivity index (χ0) is 16.7. The lowest BCUT2D eigenvalue weighted by Gasteiger charge is -2.06. The van der Waals surface area contributed by atoms with E-state index in [1.54, 1.807) is 6.07 Å². The van der Waals surface area contributed by atoms with Crippen molar-refractivity contribution in [2.24, 2.45) is 0 Å². The summed E-state index contributed by atoms with van der Waals surface area (Å²) in [5, 5.41) is 14.9. The van der Waals surface area contributed by atoms with E-state index >= 15 is 0 Å². The Hall–Kier alpha value is -2.48. The molecule has 0 saturated carbocycles. The lowest BCUT2D eigenvalue weighted by atomic mass is 10.2. The number of amides is 1.